The minimum Gasteiger partial charge on any atom is -0.387 e. The summed E-state index contributed by atoms with van der Waals surface area (Å²) in [5.74, 6) is -0.207. The van der Waals surface area contributed by atoms with Gasteiger partial charge in [-0.2, -0.15) is 0 Å². The molecule has 0 fully saturated rings. The molecule has 0 aliphatic heterocycles. The molecule has 0 aromatic carbocycles. The Morgan fingerprint density at radius 2 is 1.14 bits per heavy atom. The Kier molecular flexibility index (Phi) is 36.6. The van der Waals surface area contributed by atoms with Gasteiger partial charge in [0.05, 0.1) is 25.4 Å². The first kappa shape index (κ1) is 49.2. The van der Waals surface area contributed by atoms with Gasteiger partial charge in [0.1, 0.15) is 0 Å². The second kappa shape index (κ2) is 37.9. The van der Waals surface area contributed by atoms with E-state index in [-0.39, 0.29) is 25.7 Å². The van der Waals surface area contributed by atoms with Crippen molar-refractivity contribution in [1.29, 1.82) is 0 Å². The maximum atomic E-state index is 12.7. The molecule has 1 amide bonds. The molecule has 5 N–H and O–H groups in total. The van der Waals surface area contributed by atoms with Gasteiger partial charge < -0.3 is 21.1 Å². The summed E-state index contributed by atoms with van der Waals surface area (Å²) in [5, 5.41) is 13.6. The van der Waals surface area contributed by atoms with E-state index in [9.17, 15) is 19.4 Å². The number of allylic oxidation sites excluding steroid dienone is 9. The summed E-state index contributed by atoms with van der Waals surface area (Å²) in [6.45, 7) is 3.98. The first-order chi connectivity index (χ1) is 24.9. The van der Waals surface area contributed by atoms with E-state index in [1.165, 1.54) is 77.0 Å². The van der Waals surface area contributed by atoms with Crippen LogP contribution in [0, 0.1) is 0 Å². The summed E-state index contributed by atoms with van der Waals surface area (Å²) in [6, 6.07) is -0.865. The molecule has 0 aromatic rings. The topological polar surface area (TPSA) is 131 Å². The maximum absolute atomic E-state index is 12.7. The average Bonchev–Trinajstić information content (AvgIpc) is 3.12. The Morgan fingerprint density at radius 1 is 0.667 bits per heavy atom. The van der Waals surface area contributed by atoms with Crippen molar-refractivity contribution in [2.75, 3.05) is 19.8 Å². The Morgan fingerprint density at radius 3 is 1.67 bits per heavy atom. The molecule has 51 heavy (non-hydrogen) atoms. The zero-order valence-corrected chi connectivity index (χ0v) is 33.5. The van der Waals surface area contributed by atoms with E-state index in [0.29, 0.717) is 6.42 Å². The first-order valence-electron chi connectivity index (χ1n) is 20.4. The number of amides is 1. The van der Waals surface area contributed by atoms with Crippen molar-refractivity contribution in [2.24, 2.45) is 5.73 Å². The fourth-order valence-corrected chi connectivity index (χ4v) is 6.29. The number of phosphoric acid groups is 1. The van der Waals surface area contributed by atoms with Gasteiger partial charge in [0.2, 0.25) is 5.91 Å². The summed E-state index contributed by atoms with van der Waals surface area (Å²) in [7, 11) is -4.34. The molecule has 0 saturated heterocycles. The number of carbonyl (C=O) groups is 1. The van der Waals surface area contributed by atoms with Gasteiger partial charge in [0.15, 0.2) is 0 Å². The Bertz CT molecular complexity index is 980. The lowest BCUT2D eigenvalue weighted by molar-refractivity contribution is -0.123. The lowest BCUT2D eigenvalue weighted by Gasteiger charge is -2.23. The molecule has 296 valence electrons. The van der Waals surface area contributed by atoms with Crippen LogP contribution in [-0.2, 0) is 18.4 Å². The lowest BCUT2D eigenvalue weighted by atomic mass is 10.1. The minimum atomic E-state index is -4.34. The molecule has 0 radical (unpaired) electrons. The van der Waals surface area contributed by atoms with Crippen LogP contribution in [0.3, 0.4) is 0 Å². The van der Waals surface area contributed by atoms with Gasteiger partial charge in [-0.3, -0.25) is 13.8 Å². The third-order valence-corrected chi connectivity index (χ3v) is 9.58. The van der Waals surface area contributed by atoms with E-state index in [2.05, 4.69) is 67.8 Å². The van der Waals surface area contributed by atoms with Gasteiger partial charge in [-0.15, -0.1) is 0 Å². The third-order valence-electron chi connectivity index (χ3n) is 8.60. The molecule has 0 aliphatic carbocycles. The summed E-state index contributed by atoms with van der Waals surface area (Å²) < 4.78 is 22.0. The second-order valence-corrected chi connectivity index (χ2v) is 14.9. The van der Waals surface area contributed by atoms with E-state index < -0.39 is 20.0 Å². The summed E-state index contributed by atoms with van der Waals surface area (Å²) >= 11 is 0. The van der Waals surface area contributed by atoms with E-state index in [1.807, 2.05) is 6.08 Å². The molecule has 0 rings (SSSR count). The van der Waals surface area contributed by atoms with Gasteiger partial charge in [0.25, 0.3) is 0 Å². The van der Waals surface area contributed by atoms with Crippen LogP contribution >= 0.6 is 7.82 Å². The fraction of sp³-hybridized carbons (Fsp3) is 0.738. The Labute approximate surface area is 313 Å². The molecule has 0 spiro atoms. The van der Waals surface area contributed by atoms with Crippen molar-refractivity contribution in [3.05, 3.63) is 60.8 Å². The van der Waals surface area contributed by atoms with Crippen molar-refractivity contribution >= 4 is 13.7 Å². The van der Waals surface area contributed by atoms with Crippen LogP contribution in [0.25, 0.3) is 0 Å². The summed E-state index contributed by atoms with van der Waals surface area (Å²) in [6.07, 6.45) is 46.9. The SMILES string of the molecule is CC/C=C\C/C=C\C/C=C\C/C=C\CCCCCCCCCCC(=O)NC(COP(=O)(O)OCCN)C(O)/C=C/CCCCCCCCCCC. The zero-order chi connectivity index (χ0) is 37.5. The van der Waals surface area contributed by atoms with Crippen LogP contribution in [0.5, 0.6) is 0 Å². The number of phosphoric ester groups is 1. The van der Waals surface area contributed by atoms with Crippen LogP contribution in [0.2, 0.25) is 0 Å². The number of nitrogens with one attached hydrogen (secondary N) is 1. The normalized spacial score (nSPS) is 14.8. The van der Waals surface area contributed by atoms with E-state index in [4.69, 9.17) is 14.8 Å². The smallest absolute Gasteiger partial charge is 0.387 e. The molecule has 0 aliphatic rings. The largest absolute Gasteiger partial charge is 0.472 e. The van der Waals surface area contributed by atoms with E-state index >= 15 is 0 Å². The van der Waals surface area contributed by atoms with Gasteiger partial charge in [-0.05, 0) is 57.8 Å². The highest BCUT2D eigenvalue weighted by Crippen LogP contribution is 2.43. The van der Waals surface area contributed by atoms with Crippen molar-refractivity contribution in [3.8, 4) is 0 Å². The number of aliphatic hydroxyl groups excluding tert-OH is 1. The quantitative estimate of drug-likeness (QED) is 0.0284. The molecular formula is C42H77N2O6P. The van der Waals surface area contributed by atoms with Crippen molar-refractivity contribution in [1.82, 2.24) is 5.32 Å². The summed E-state index contributed by atoms with van der Waals surface area (Å²) in [5.41, 5.74) is 5.36. The van der Waals surface area contributed by atoms with E-state index in [0.717, 1.165) is 70.6 Å². The molecule has 8 nitrogen and oxygen atoms in total. The predicted octanol–water partition coefficient (Wildman–Crippen LogP) is 11.1. The zero-order valence-electron chi connectivity index (χ0n) is 32.6. The first-order valence-corrected chi connectivity index (χ1v) is 21.9. The van der Waals surface area contributed by atoms with Crippen molar-refractivity contribution in [2.45, 2.75) is 180 Å². The third kappa shape index (κ3) is 36.4. The molecule has 0 saturated carbocycles. The number of aliphatic hydroxyl groups is 1. The Hall–Kier alpha value is -1.80. The number of nitrogens with two attached hydrogens (primary N) is 1. The minimum absolute atomic E-state index is 0.0744. The Balaban J connectivity index is 4.21. The highest BCUT2D eigenvalue weighted by atomic mass is 31.2. The van der Waals surface area contributed by atoms with Crippen LogP contribution in [0.15, 0.2) is 60.8 Å². The molecule has 0 aromatic heterocycles. The second-order valence-electron chi connectivity index (χ2n) is 13.5. The number of unbranched alkanes of at least 4 members (excludes halogenated alkanes) is 17. The van der Waals surface area contributed by atoms with E-state index in [1.54, 1.807) is 6.08 Å². The fourth-order valence-electron chi connectivity index (χ4n) is 5.53. The van der Waals surface area contributed by atoms with Crippen LogP contribution in [-0.4, -0.2) is 47.8 Å². The average molecular weight is 737 g/mol. The predicted molar refractivity (Wildman–Crippen MR) is 217 cm³/mol. The highest BCUT2D eigenvalue weighted by molar-refractivity contribution is 7.47. The van der Waals surface area contributed by atoms with Gasteiger partial charge in [-0.25, -0.2) is 4.57 Å². The molecule has 0 heterocycles. The van der Waals surface area contributed by atoms with Gasteiger partial charge in [0, 0.05) is 13.0 Å². The molecule has 9 heteroatoms. The molecule has 0 bridgehead atoms. The molecule has 3 unspecified atom stereocenters. The number of hydrogen-bond acceptors (Lipinski definition) is 6. The highest BCUT2D eigenvalue weighted by Gasteiger charge is 2.26. The number of carbonyl (C=O) groups excluding carboxylic acids is 1. The number of rotatable bonds is 37. The van der Waals surface area contributed by atoms with Crippen LogP contribution in [0.1, 0.15) is 168 Å². The van der Waals surface area contributed by atoms with Gasteiger partial charge in [-0.1, -0.05) is 164 Å². The number of hydrogen-bond donors (Lipinski definition) is 4. The van der Waals surface area contributed by atoms with Crippen LogP contribution in [0.4, 0.5) is 0 Å². The molecule has 3 atom stereocenters. The monoisotopic (exact) mass is 737 g/mol. The van der Waals surface area contributed by atoms with Crippen LogP contribution < -0.4 is 11.1 Å². The lowest BCUT2D eigenvalue weighted by Crippen LogP contribution is -2.45. The van der Waals surface area contributed by atoms with Gasteiger partial charge >= 0.3 is 7.82 Å². The maximum Gasteiger partial charge on any atom is 0.472 e. The van der Waals surface area contributed by atoms with Crippen molar-refractivity contribution < 1.29 is 28.4 Å². The summed E-state index contributed by atoms with van der Waals surface area (Å²) in [4.78, 5) is 22.6. The molecular weight excluding hydrogens is 659 g/mol. The standard InChI is InChI=1S/C42H77N2O6P/c1-3-5-7-9-11-13-15-16-17-18-19-20-21-22-23-24-26-28-30-32-34-36-42(46)44-40(39-50-51(47,48)49-38-37-43)41(45)35-33-31-29-27-25-14-12-10-8-6-4-2/h5,7,11,13,16-17,19-20,33,35,40-41,45H,3-4,6,8-10,12,14-15,18,21-32,34,36-39,43H2,1-2H3,(H,44,46)(H,47,48)/b7-5-,13-11-,17-16-,20-19-,35-33+. The van der Waals surface area contributed by atoms with Crippen molar-refractivity contribution in [3.63, 3.8) is 0 Å².